The molecule has 1 aromatic rings. The van der Waals surface area contributed by atoms with Crippen LogP contribution in [0.1, 0.15) is 17.5 Å². The standard InChI is InChI=1S/C9H10N4O/c14-9-7-6(2-1-3-10-7)8-11-4-5-13(8)12-9/h1-3,9,12,14H,4-5H2. The first-order valence-corrected chi connectivity index (χ1v) is 4.58. The van der Waals surface area contributed by atoms with Crippen molar-refractivity contribution in [1.29, 1.82) is 0 Å². The summed E-state index contributed by atoms with van der Waals surface area (Å²) in [6.07, 6.45) is 0.956. The number of fused-ring (bicyclic) bond motifs is 3. The number of rotatable bonds is 0. The van der Waals surface area contributed by atoms with E-state index in [0.717, 1.165) is 24.5 Å². The van der Waals surface area contributed by atoms with Crippen LogP contribution in [0.25, 0.3) is 0 Å². The molecule has 1 unspecified atom stereocenters. The molecule has 0 amide bonds. The van der Waals surface area contributed by atoms with Gasteiger partial charge in [0.05, 0.1) is 18.8 Å². The molecular formula is C9H10N4O. The number of hydrazine groups is 1. The van der Waals surface area contributed by atoms with Crippen LogP contribution >= 0.6 is 0 Å². The predicted octanol–water partition coefficient (Wildman–Crippen LogP) is -0.347. The van der Waals surface area contributed by atoms with Gasteiger partial charge in [0.1, 0.15) is 5.84 Å². The molecule has 2 aliphatic heterocycles. The Labute approximate surface area is 81.1 Å². The maximum Gasteiger partial charge on any atom is 0.165 e. The summed E-state index contributed by atoms with van der Waals surface area (Å²) < 4.78 is 0. The van der Waals surface area contributed by atoms with Crippen LogP contribution in [0.15, 0.2) is 23.3 Å². The van der Waals surface area contributed by atoms with Gasteiger partial charge in [-0.05, 0) is 12.1 Å². The third-order valence-corrected chi connectivity index (χ3v) is 2.46. The zero-order chi connectivity index (χ0) is 9.54. The molecule has 1 aromatic heterocycles. The monoisotopic (exact) mass is 190 g/mol. The summed E-state index contributed by atoms with van der Waals surface area (Å²) in [7, 11) is 0. The van der Waals surface area contributed by atoms with Gasteiger partial charge >= 0.3 is 0 Å². The first kappa shape index (κ1) is 7.90. The highest BCUT2D eigenvalue weighted by molar-refractivity contribution is 6.01. The molecule has 3 heterocycles. The maximum atomic E-state index is 9.74. The van der Waals surface area contributed by atoms with E-state index in [0.29, 0.717) is 5.69 Å². The van der Waals surface area contributed by atoms with Gasteiger partial charge in [0, 0.05) is 11.8 Å². The lowest BCUT2D eigenvalue weighted by Gasteiger charge is -2.30. The number of hydrogen-bond acceptors (Lipinski definition) is 5. The molecule has 0 fully saturated rings. The van der Waals surface area contributed by atoms with E-state index in [1.165, 1.54) is 0 Å². The largest absolute Gasteiger partial charge is 0.371 e. The Morgan fingerprint density at radius 2 is 2.50 bits per heavy atom. The lowest BCUT2D eigenvalue weighted by atomic mass is 10.1. The van der Waals surface area contributed by atoms with E-state index >= 15 is 0 Å². The van der Waals surface area contributed by atoms with Crippen molar-refractivity contribution in [2.24, 2.45) is 4.99 Å². The van der Waals surface area contributed by atoms with Gasteiger partial charge in [-0.25, -0.2) is 0 Å². The van der Waals surface area contributed by atoms with Crippen molar-refractivity contribution in [3.8, 4) is 0 Å². The van der Waals surface area contributed by atoms with E-state index < -0.39 is 6.23 Å². The van der Waals surface area contributed by atoms with Crippen LogP contribution in [0.4, 0.5) is 0 Å². The highest BCUT2D eigenvalue weighted by Gasteiger charge is 2.30. The summed E-state index contributed by atoms with van der Waals surface area (Å²) in [4.78, 5) is 8.50. The zero-order valence-corrected chi connectivity index (χ0v) is 7.51. The average molecular weight is 190 g/mol. The number of nitrogens with one attached hydrogen (secondary N) is 1. The van der Waals surface area contributed by atoms with Crippen LogP contribution < -0.4 is 5.43 Å². The molecule has 0 spiro atoms. The molecule has 3 rings (SSSR count). The van der Waals surface area contributed by atoms with E-state index in [9.17, 15) is 5.11 Å². The van der Waals surface area contributed by atoms with Gasteiger partial charge in [0.2, 0.25) is 0 Å². The Balaban J connectivity index is 2.17. The first-order chi connectivity index (χ1) is 6.86. The molecule has 14 heavy (non-hydrogen) atoms. The number of hydrogen-bond donors (Lipinski definition) is 2. The molecule has 72 valence electrons. The molecular weight excluding hydrogens is 180 g/mol. The van der Waals surface area contributed by atoms with Crippen molar-refractivity contribution in [2.45, 2.75) is 6.23 Å². The number of aromatic nitrogens is 1. The number of pyridine rings is 1. The second kappa shape index (κ2) is 2.76. The molecule has 2 N–H and O–H groups in total. The van der Waals surface area contributed by atoms with Gasteiger partial charge in [-0.15, -0.1) is 0 Å². The third kappa shape index (κ3) is 0.964. The van der Waals surface area contributed by atoms with Crippen molar-refractivity contribution >= 4 is 5.84 Å². The minimum absolute atomic E-state index is 0.657. The topological polar surface area (TPSA) is 60.8 Å². The fraction of sp³-hybridized carbons (Fsp3) is 0.333. The number of aliphatic hydroxyl groups excluding tert-OH is 1. The fourth-order valence-electron chi connectivity index (χ4n) is 1.84. The van der Waals surface area contributed by atoms with Gasteiger partial charge in [-0.3, -0.25) is 15.0 Å². The number of aliphatic imine (C=N–C) groups is 1. The summed E-state index contributed by atoms with van der Waals surface area (Å²) in [6, 6.07) is 3.79. The normalized spacial score (nSPS) is 24.2. The van der Waals surface area contributed by atoms with Gasteiger partial charge in [0.25, 0.3) is 0 Å². The molecule has 0 saturated carbocycles. The van der Waals surface area contributed by atoms with Crippen molar-refractivity contribution < 1.29 is 5.11 Å². The minimum Gasteiger partial charge on any atom is -0.371 e. The number of nitrogens with zero attached hydrogens (tertiary/aromatic N) is 3. The zero-order valence-electron chi connectivity index (χ0n) is 7.51. The summed E-state index contributed by atoms with van der Waals surface area (Å²) in [5.74, 6) is 0.887. The maximum absolute atomic E-state index is 9.74. The molecule has 5 nitrogen and oxygen atoms in total. The van der Waals surface area contributed by atoms with Crippen LogP contribution in [0.2, 0.25) is 0 Å². The third-order valence-electron chi connectivity index (χ3n) is 2.46. The molecule has 0 aliphatic carbocycles. The van der Waals surface area contributed by atoms with Crippen molar-refractivity contribution in [3.05, 3.63) is 29.6 Å². The van der Waals surface area contributed by atoms with Crippen LogP contribution in [0.3, 0.4) is 0 Å². The van der Waals surface area contributed by atoms with Gasteiger partial charge in [-0.1, -0.05) is 0 Å². The number of amidine groups is 1. The van der Waals surface area contributed by atoms with Gasteiger partial charge < -0.3 is 5.11 Å². The van der Waals surface area contributed by atoms with Crippen LogP contribution in [0.5, 0.6) is 0 Å². The molecule has 0 saturated heterocycles. The highest BCUT2D eigenvalue weighted by atomic mass is 16.3. The Hall–Kier alpha value is -1.46. The van der Waals surface area contributed by atoms with E-state index in [4.69, 9.17) is 0 Å². The molecule has 0 aromatic carbocycles. The highest BCUT2D eigenvalue weighted by Crippen LogP contribution is 2.22. The second-order valence-corrected chi connectivity index (χ2v) is 3.32. The van der Waals surface area contributed by atoms with E-state index in [2.05, 4.69) is 15.4 Å². The van der Waals surface area contributed by atoms with E-state index in [1.807, 2.05) is 17.1 Å². The summed E-state index contributed by atoms with van der Waals surface area (Å²) in [5.41, 5.74) is 4.51. The van der Waals surface area contributed by atoms with Crippen LogP contribution in [0, 0.1) is 0 Å². The first-order valence-electron chi connectivity index (χ1n) is 4.58. The quantitative estimate of drug-likeness (QED) is 0.587. The van der Waals surface area contributed by atoms with Crippen molar-refractivity contribution in [3.63, 3.8) is 0 Å². The van der Waals surface area contributed by atoms with E-state index in [-0.39, 0.29) is 0 Å². The van der Waals surface area contributed by atoms with Crippen molar-refractivity contribution in [1.82, 2.24) is 15.4 Å². The Morgan fingerprint density at radius 1 is 1.57 bits per heavy atom. The SMILES string of the molecule is OC1NN2CCN=C2c2cccnc21. The van der Waals surface area contributed by atoms with Crippen LogP contribution in [-0.4, -0.2) is 34.0 Å². The molecule has 2 aliphatic rings. The fourth-order valence-corrected chi connectivity index (χ4v) is 1.84. The van der Waals surface area contributed by atoms with E-state index in [1.54, 1.807) is 6.20 Å². The van der Waals surface area contributed by atoms with Gasteiger partial charge in [0.15, 0.2) is 6.23 Å². The Bertz CT molecular complexity index is 404. The summed E-state index contributed by atoms with van der Waals surface area (Å²) in [5, 5.41) is 11.6. The summed E-state index contributed by atoms with van der Waals surface area (Å²) in [6.45, 7) is 1.57. The Kier molecular flexibility index (Phi) is 1.56. The average Bonchev–Trinajstić information content (AvgIpc) is 2.66. The van der Waals surface area contributed by atoms with Gasteiger partial charge in [-0.2, -0.15) is 5.43 Å². The molecule has 5 heteroatoms. The molecule has 0 radical (unpaired) electrons. The smallest absolute Gasteiger partial charge is 0.165 e. The van der Waals surface area contributed by atoms with Crippen LogP contribution in [-0.2, 0) is 0 Å². The lowest BCUT2D eigenvalue weighted by molar-refractivity contribution is 0.0665. The Morgan fingerprint density at radius 3 is 3.43 bits per heavy atom. The second-order valence-electron chi connectivity index (χ2n) is 3.32. The minimum atomic E-state index is -0.719. The number of aliphatic hydroxyl groups is 1. The summed E-state index contributed by atoms with van der Waals surface area (Å²) >= 11 is 0. The molecule has 1 atom stereocenters. The predicted molar refractivity (Wildman–Crippen MR) is 50.4 cm³/mol. The molecule has 0 bridgehead atoms. The van der Waals surface area contributed by atoms with Crippen molar-refractivity contribution in [2.75, 3.05) is 13.1 Å². The lowest BCUT2D eigenvalue weighted by Crippen LogP contribution is -2.48.